The normalized spacial score (nSPS) is 10.2. The summed E-state index contributed by atoms with van der Waals surface area (Å²) in [5, 5.41) is 11.5. The molecular formula is C13H13N3O3. The van der Waals surface area contributed by atoms with E-state index in [0.717, 1.165) is 12.0 Å². The van der Waals surface area contributed by atoms with Gasteiger partial charge in [0.2, 0.25) is 0 Å². The van der Waals surface area contributed by atoms with Gasteiger partial charge in [-0.2, -0.15) is 0 Å². The fourth-order valence-electron chi connectivity index (χ4n) is 1.69. The van der Waals surface area contributed by atoms with Crippen LogP contribution >= 0.6 is 0 Å². The highest BCUT2D eigenvalue weighted by Crippen LogP contribution is 2.13. The molecule has 1 aromatic heterocycles. The van der Waals surface area contributed by atoms with E-state index in [4.69, 9.17) is 5.11 Å². The van der Waals surface area contributed by atoms with E-state index in [2.05, 4.69) is 15.3 Å². The van der Waals surface area contributed by atoms with Crippen molar-refractivity contribution >= 4 is 17.6 Å². The topological polar surface area (TPSA) is 95.1 Å². The molecule has 0 atom stereocenters. The maximum Gasteiger partial charge on any atom is 0.354 e. The van der Waals surface area contributed by atoms with E-state index in [1.54, 1.807) is 6.07 Å². The van der Waals surface area contributed by atoms with E-state index in [1.807, 2.05) is 25.1 Å². The largest absolute Gasteiger partial charge is 0.477 e. The number of aromatic nitrogens is 2. The molecule has 0 radical (unpaired) electrons. The van der Waals surface area contributed by atoms with Crippen molar-refractivity contribution in [2.24, 2.45) is 0 Å². The average molecular weight is 259 g/mol. The Kier molecular flexibility index (Phi) is 3.61. The number of hydrogen-bond donors (Lipinski definition) is 3. The number of carboxylic acids is 1. The van der Waals surface area contributed by atoms with Crippen molar-refractivity contribution < 1.29 is 14.7 Å². The van der Waals surface area contributed by atoms with Gasteiger partial charge < -0.3 is 15.4 Å². The quantitative estimate of drug-likeness (QED) is 0.781. The third kappa shape index (κ3) is 2.79. The number of imidazole rings is 1. The van der Waals surface area contributed by atoms with Gasteiger partial charge in [-0.15, -0.1) is 0 Å². The summed E-state index contributed by atoms with van der Waals surface area (Å²) in [5.41, 5.74) is 1.35. The van der Waals surface area contributed by atoms with Crippen LogP contribution in [0.5, 0.6) is 0 Å². The number of hydrogen-bond acceptors (Lipinski definition) is 3. The third-order valence-electron chi connectivity index (χ3n) is 2.66. The van der Waals surface area contributed by atoms with Crippen LogP contribution in [0, 0.1) is 0 Å². The molecule has 0 fully saturated rings. The monoisotopic (exact) mass is 259 g/mol. The summed E-state index contributed by atoms with van der Waals surface area (Å²) in [5.74, 6) is -1.77. The summed E-state index contributed by atoms with van der Waals surface area (Å²) in [6.07, 6.45) is 2.04. The van der Waals surface area contributed by atoms with Crippen LogP contribution in [-0.4, -0.2) is 27.0 Å². The fourth-order valence-corrected chi connectivity index (χ4v) is 1.69. The lowest BCUT2D eigenvalue weighted by molar-refractivity contribution is 0.0686. The zero-order valence-electron chi connectivity index (χ0n) is 10.3. The second-order valence-electron chi connectivity index (χ2n) is 3.94. The van der Waals surface area contributed by atoms with Crippen molar-refractivity contribution in [3.05, 3.63) is 47.5 Å². The Hall–Kier alpha value is -2.63. The number of H-pyrrole nitrogens is 1. The highest BCUT2D eigenvalue weighted by atomic mass is 16.4. The van der Waals surface area contributed by atoms with Crippen molar-refractivity contribution in [3.8, 4) is 0 Å². The number of aromatic carboxylic acids is 1. The van der Waals surface area contributed by atoms with Crippen LogP contribution in [-0.2, 0) is 6.42 Å². The fraction of sp³-hybridized carbons (Fsp3) is 0.154. The molecule has 0 aliphatic heterocycles. The van der Waals surface area contributed by atoms with Crippen LogP contribution in [0.4, 0.5) is 5.69 Å². The third-order valence-corrected chi connectivity index (χ3v) is 2.66. The minimum Gasteiger partial charge on any atom is -0.477 e. The number of anilines is 1. The van der Waals surface area contributed by atoms with Crippen LogP contribution in [0.3, 0.4) is 0 Å². The van der Waals surface area contributed by atoms with Gasteiger partial charge in [0.05, 0.1) is 6.33 Å². The molecular weight excluding hydrogens is 246 g/mol. The molecule has 0 spiro atoms. The molecule has 1 amide bonds. The van der Waals surface area contributed by atoms with E-state index in [-0.39, 0.29) is 11.4 Å². The lowest BCUT2D eigenvalue weighted by atomic mass is 10.1. The van der Waals surface area contributed by atoms with Crippen LogP contribution in [0.2, 0.25) is 0 Å². The lowest BCUT2D eigenvalue weighted by Crippen LogP contribution is -2.16. The summed E-state index contributed by atoms with van der Waals surface area (Å²) in [6.45, 7) is 2.01. The number of nitrogens with zero attached hydrogens (tertiary/aromatic N) is 1. The van der Waals surface area contributed by atoms with Gasteiger partial charge in [0, 0.05) is 5.69 Å². The van der Waals surface area contributed by atoms with Crippen molar-refractivity contribution in [2.45, 2.75) is 13.3 Å². The molecule has 1 heterocycles. The van der Waals surface area contributed by atoms with Gasteiger partial charge in [0.25, 0.3) is 5.91 Å². The Labute approximate surface area is 109 Å². The number of nitrogens with one attached hydrogen (secondary N) is 2. The second-order valence-corrected chi connectivity index (χ2v) is 3.94. The molecule has 3 N–H and O–H groups in total. The maximum atomic E-state index is 11.9. The SMILES string of the molecule is CCc1cccc(NC(=O)c2nc[nH]c2C(=O)O)c1. The number of benzene rings is 1. The first-order valence-electron chi connectivity index (χ1n) is 5.78. The zero-order chi connectivity index (χ0) is 13.8. The minimum atomic E-state index is -1.22. The first-order chi connectivity index (χ1) is 9.11. The van der Waals surface area contributed by atoms with Crippen LogP contribution in [0.1, 0.15) is 33.5 Å². The van der Waals surface area contributed by atoms with E-state index in [0.29, 0.717) is 5.69 Å². The number of carboxylic acid groups (broad SMARTS) is 1. The molecule has 6 nitrogen and oxygen atoms in total. The molecule has 6 heteroatoms. The van der Waals surface area contributed by atoms with Gasteiger partial charge in [-0.1, -0.05) is 19.1 Å². The summed E-state index contributed by atoms with van der Waals surface area (Å²) < 4.78 is 0. The number of carbonyl (C=O) groups excluding carboxylic acids is 1. The predicted octanol–water partition coefficient (Wildman–Crippen LogP) is 1.92. The standard InChI is InChI=1S/C13H13N3O3/c1-2-8-4-3-5-9(6-8)16-12(17)10-11(13(18)19)15-7-14-10/h3-7H,2H2,1H3,(H,14,15)(H,16,17)(H,18,19). The average Bonchev–Trinajstić information content (AvgIpc) is 2.88. The highest BCUT2D eigenvalue weighted by molar-refractivity contribution is 6.08. The summed E-state index contributed by atoms with van der Waals surface area (Å²) in [7, 11) is 0. The van der Waals surface area contributed by atoms with Crippen LogP contribution in [0.15, 0.2) is 30.6 Å². The molecule has 0 saturated heterocycles. The van der Waals surface area contributed by atoms with E-state index >= 15 is 0 Å². The lowest BCUT2D eigenvalue weighted by Gasteiger charge is -2.05. The number of rotatable bonds is 4. The molecule has 0 aliphatic rings. The van der Waals surface area contributed by atoms with Gasteiger partial charge in [-0.3, -0.25) is 4.79 Å². The molecule has 98 valence electrons. The van der Waals surface area contributed by atoms with Crippen LogP contribution < -0.4 is 5.32 Å². The molecule has 2 aromatic rings. The Morgan fingerprint density at radius 2 is 2.21 bits per heavy atom. The Morgan fingerprint density at radius 1 is 1.42 bits per heavy atom. The van der Waals surface area contributed by atoms with Gasteiger partial charge >= 0.3 is 5.97 Å². The van der Waals surface area contributed by atoms with Crippen LogP contribution in [0.25, 0.3) is 0 Å². The van der Waals surface area contributed by atoms with E-state index < -0.39 is 11.9 Å². The van der Waals surface area contributed by atoms with Gasteiger partial charge in [-0.25, -0.2) is 9.78 Å². The molecule has 0 aliphatic carbocycles. The first kappa shape index (κ1) is 12.8. The minimum absolute atomic E-state index is 0.130. The Bertz CT molecular complexity index is 619. The van der Waals surface area contributed by atoms with Crippen molar-refractivity contribution in [1.29, 1.82) is 0 Å². The number of aromatic amines is 1. The number of carbonyl (C=O) groups is 2. The van der Waals surface area contributed by atoms with Gasteiger partial charge in [0.15, 0.2) is 11.4 Å². The molecule has 0 bridgehead atoms. The summed E-state index contributed by atoms with van der Waals surface area (Å²) in [6, 6.07) is 7.36. The number of amides is 1. The van der Waals surface area contributed by atoms with Crippen molar-refractivity contribution in [2.75, 3.05) is 5.32 Å². The van der Waals surface area contributed by atoms with E-state index in [1.165, 1.54) is 6.33 Å². The highest BCUT2D eigenvalue weighted by Gasteiger charge is 2.19. The van der Waals surface area contributed by atoms with Crippen molar-refractivity contribution in [1.82, 2.24) is 9.97 Å². The Morgan fingerprint density at radius 3 is 2.89 bits per heavy atom. The molecule has 0 saturated carbocycles. The summed E-state index contributed by atoms with van der Waals surface area (Å²) >= 11 is 0. The molecule has 2 rings (SSSR count). The first-order valence-corrected chi connectivity index (χ1v) is 5.78. The zero-order valence-corrected chi connectivity index (χ0v) is 10.3. The second kappa shape index (κ2) is 5.34. The molecule has 19 heavy (non-hydrogen) atoms. The Balaban J connectivity index is 2.20. The summed E-state index contributed by atoms with van der Waals surface area (Å²) in [4.78, 5) is 29.0. The predicted molar refractivity (Wildman–Crippen MR) is 69.3 cm³/mol. The van der Waals surface area contributed by atoms with Gasteiger partial charge in [-0.05, 0) is 24.1 Å². The molecule has 1 aromatic carbocycles. The maximum absolute atomic E-state index is 11.9. The molecule has 0 unspecified atom stereocenters. The van der Waals surface area contributed by atoms with Crippen molar-refractivity contribution in [3.63, 3.8) is 0 Å². The smallest absolute Gasteiger partial charge is 0.354 e. The number of aryl methyl sites for hydroxylation is 1. The van der Waals surface area contributed by atoms with E-state index in [9.17, 15) is 9.59 Å². The van der Waals surface area contributed by atoms with Gasteiger partial charge in [0.1, 0.15) is 0 Å².